The molecular formula is C20H28FN3O. The molecule has 136 valence electrons. The molecule has 0 aromatic heterocycles. The first-order valence-corrected chi connectivity index (χ1v) is 9.74. The van der Waals surface area contributed by atoms with Crippen LogP contribution in [0.2, 0.25) is 0 Å². The van der Waals surface area contributed by atoms with E-state index < -0.39 is 0 Å². The summed E-state index contributed by atoms with van der Waals surface area (Å²) in [4.78, 5) is 19.3. The van der Waals surface area contributed by atoms with E-state index >= 15 is 0 Å². The highest BCUT2D eigenvalue weighted by Gasteiger charge is 2.34. The van der Waals surface area contributed by atoms with E-state index in [0.29, 0.717) is 23.6 Å². The number of piperazine rings is 1. The molecule has 25 heavy (non-hydrogen) atoms. The van der Waals surface area contributed by atoms with Crippen LogP contribution in [0.15, 0.2) is 24.3 Å². The zero-order chi connectivity index (χ0) is 17.2. The number of amides is 1. The molecule has 2 heterocycles. The van der Waals surface area contributed by atoms with Crippen LogP contribution in [0.4, 0.5) is 10.1 Å². The first kappa shape index (κ1) is 16.8. The Bertz CT molecular complexity index is 611. The number of anilines is 1. The van der Waals surface area contributed by atoms with Gasteiger partial charge in [0.1, 0.15) is 5.82 Å². The molecule has 0 N–H and O–H groups in total. The van der Waals surface area contributed by atoms with Gasteiger partial charge in [-0.25, -0.2) is 4.39 Å². The van der Waals surface area contributed by atoms with Crippen LogP contribution in [0.5, 0.6) is 0 Å². The highest BCUT2D eigenvalue weighted by atomic mass is 19.1. The second kappa shape index (κ2) is 7.32. The summed E-state index contributed by atoms with van der Waals surface area (Å²) in [5, 5.41) is 0. The van der Waals surface area contributed by atoms with Crippen molar-refractivity contribution in [3.8, 4) is 0 Å². The van der Waals surface area contributed by atoms with Gasteiger partial charge in [-0.3, -0.25) is 9.69 Å². The van der Waals surface area contributed by atoms with Gasteiger partial charge in [-0.05, 0) is 37.8 Å². The summed E-state index contributed by atoms with van der Waals surface area (Å²) < 4.78 is 14.0. The van der Waals surface area contributed by atoms with Crippen molar-refractivity contribution in [3.05, 3.63) is 30.1 Å². The Morgan fingerprint density at radius 2 is 1.72 bits per heavy atom. The number of halogens is 1. The number of carbonyl (C=O) groups excluding carboxylic acids is 1. The number of nitrogens with zero attached hydrogens (tertiary/aromatic N) is 3. The van der Waals surface area contributed by atoms with Crippen LogP contribution in [-0.2, 0) is 4.79 Å². The predicted octanol–water partition coefficient (Wildman–Crippen LogP) is 2.74. The van der Waals surface area contributed by atoms with Gasteiger partial charge in [-0.1, -0.05) is 18.6 Å². The smallest absolute Gasteiger partial charge is 0.225 e. The minimum atomic E-state index is -0.133. The fraction of sp³-hybridized carbons (Fsp3) is 0.650. The zero-order valence-corrected chi connectivity index (χ0v) is 14.9. The Labute approximate surface area is 149 Å². The maximum Gasteiger partial charge on any atom is 0.225 e. The maximum absolute atomic E-state index is 14.0. The van der Waals surface area contributed by atoms with Gasteiger partial charge in [0.15, 0.2) is 0 Å². The van der Waals surface area contributed by atoms with Gasteiger partial charge in [0.05, 0.1) is 5.69 Å². The second-order valence-electron chi connectivity index (χ2n) is 7.68. The topological polar surface area (TPSA) is 26.8 Å². The lowest BCUT2D eigenvalue weighted by atomic mass is 9.84. The molecule has 5 heteroatoms. The van der Waals surface area contributed by atoms with E-state index in [2.05, 4.69) is 14.7 Å². The lowest BCUT2D eigenvalue weighted by molar-refractivity contribution is -0.140. The first-order chi connectivity index (χ1) is 12.2. The maximum atomic E-state index is 14.0. The third-order valence-electron chi connectivity index (χ3n) is 6.19. The van der Waals surface area contributed by atoms with Crippen molar-refractivity contribution in [2.24, 2.45) is 5.92 Å². The number of likely N-dealkylation sites (tertiary alicyclic amines) is 1. The highest BCUT2D eigenvalue weighted by molar-refractivity contribution is 5.79. The van der Waals surface area contributed by atoms with Crippen molar-refractivity contribution in [1.29, 1.82) is 0 Å². The average Bonchev–Trinajstić information content (AvgIpc) is 2.61. The fourth-order valence-corrected chi connectivity index (χ4v) is 4.40. The van der Waals surface area contributed by atoms with Gasteiger partial charge >= 0.3 is 0 Å². The fourth-order valence-electron chi connectivity index (χ4n) is 4.40. The van der Waals surface area contributed by atoms with Gasteiger partial charge < -0.3 is 9.80 Å². The van der Waals surface area contributed by atoms with Crippen molar-refractivity contribution in [3.63, 3.8) is 0 Å². The lowest BCUT2D eigenvalue weighted by Gasteiger charge is -2.45. The Hall–Kier alpha value is -1.62. The summed E-state index contributed by atoms with van der Waals surface area (Å²) >= 11 is 0. The number of piperidine rings is 1. The van der Waals surface area contributed by atoms with E-state index in [-0.39, 0.29) is 5.82 Å². The molecule has 4 nitrogen and oxygen atoms in total. The zero-order valence-electron chi connectivity index (χ0n) is 14.9. The standard InChI is InChI=1S/C20H28FN3O/c21-18-8-1-2-9-19(18)23-13-11-22(12-14-23)17-7-4-10-24(15-17)20(25)16-5-3-6-16/h1-2,8-9,16-17H,3-7,10-15H2. The molecular weight excluding hydrogens is 317 g/mol. The molecule has 0 radical (unpaired) electrons. The Morgan fingerprint density at radius 3 is 2.40 bits per heavy atom. The van der Waals surface area contributed by atoms with Crippen molar-refractivity contribution >= 4 is 11.6 Å². The number of hydrogen-bond acceptors (Lipinski definition) is 3. The second-order valence-corrected chi connectivity index (χ2v) is 7.68. The summed E-state index contributed by atoms with van der Waals surface area (Å²) in [6, 6.07) is 7.51. The first-order valence-electron chi connectivity index (χ1n) is 9.74. The van der Waals surface area contributed by atoms with E-state index in [1.165, 1.54) is 18.9 Å². The Kier molecular flexibility index (Phi) is 4.93. The normalized spacial score (nSPS) is 25.7. The Balaban J connectivity index is 1.32. The minimum absolute atomic E-state index is 0.133. The summed E-state index contributed by atoms with van der Waals surface area (Å²) in [6.07, 6.45) is 5.67. The molecule has 1 amide bonds. The number of rotatable bonds is 3. The van der Waals surface area contributed by atoms with Gasteiger partial charge in [0, 0.05) is 51.2 Å². The van der Waals surface area contributed by atoms with Crippen LogP contribution in [0.25, 0.3) is 0 Å². The summed E-state index contributed by atoms with van der Waals surface area (Å²) in [5.74, 6) is 0.559. The highest BCUT2D eigenvalue weighted by Crippen LogP contribution is 2.30. The molecule has 3 fully saturated rings. The number of benzene rings is 1. The van der Waals surface area contributed by atoms with Crippen LogP contribution in [0.3, 0.4) is 0 Å². The SMILES string of the molecule is O=C(C1CCC1)N1CCCC(N2CCN(c3ccccc3F)CC2)C1. The van der Waals surface area contributed by atoms with E-state index in [4.69, 9.17) is 0 Å². The van der Waals surface area contributed by atoms with Crippen molar-refractivity contribution < 1.29 is 9.18 Å². The van der Waals surface area contributed by atoms with Crippen LogP contribution >= 0.6 is 0 Å². The van der Waals surface area contributed by atoms with Crippen LogP contribution < -0.4 is 4.90 Å². The van der Waals surface area contributed by atoms with Gasteiger partial charge in [-0.2, -0.15) is 0 Å². The lowest BCUT2D eigenvalue weighted by Crippen LogP contribution is -2.56. The molecule has 1 aromatic rings. The molecule has 1 unspecified atom stereocenters. The van der Waals surface area contributed by atoms with Crippen LogP contribution in [0, 0.1) is 11.7 Å². The van der Waals surface area contributed by atoms with E-state index in [1.54, 1.807) is 6.07 Å². The molecule has 2 saturated heterocycles. The molecule has 0 spiro atoms. The predicted molar refractivity (Wildman–Crippen MR) is 97.1 cm³/mol. The molecule has 4 rings (SSSR count). The molecule has 0 bridgehead atoms. The van der Waals surface area contributed by atoms with Gasteiger partial charge in [0.25, 0.3) is 0 Å². The molecule has 1 atom stereocenters. The third kappa shape index (κ3) is 3.52. The quantitative estimate of drug-likeness (QED) is 0.843. The Morgan fingerprint density at radius 1 is 0.960 bits per heavy atom. The number of carbonyl (C=O) groups is 1. The molecule has 3 aliphatic rings. The molecule has 1 aliphatic carbocycles. The van der Waals surface area contributed by atoms with Crippen molar-refractivity contribution in [1.82, 2.24) is 9.80 Å². The van der Waals surface area contributed by atoms with E-state index in [0.717, 1.165) is 58.5 Å². The molecule has 1 saturated carbocycles. The largest absolute Gasteiger partial charge is 0.367 e. The number of para-hydroxylation sites is 1. The average molecular weight is 345 g/mol. The van der Waals surface area contributed by atoms with Gasteiger partial charge in [0.2, 0.25) is 5.91 Å². The summed E-state index contributed by atoms with van der Waals surface area (Å²) in [7, 11) is 0. The summed E-state index contributed by atoms with van der Waals surface area (Å²) in [5.41, 5.74) is 0.715. The van der Waals surface area contributed by atoms with Crippen LogP contribution in [-0.4, -0.2) is 61.0 Å². The molecule has 2 aliphatic heterocycles. The van der Waals surface area contributed by atoms with Gasteiger partial charge in [-0.15, -0.1) is 0 Å². The third-order valence-corrected chi connectivity index (χ3v) is 6.19. The monoisotopic (exact) mass is 345 g/mol. The van der Waals surface area contributed by atoms with E-state index in [1.807, 2.05) is 12.1 Å². The number of hydrogen-bond donors (Lipinski definition) is 0. The minimum Gasteiger partial charge on any atom is -0.367 e. The summed E-state index contributed by atoms with van der Waals surface area (Å²) in [6.45, 7) is 5.42. The van der Waals surface area contributed by atoms with Crippen molar-refractivity contribution in [2.75, 3.05) is 44.2 Å². The van der Waals surface area contributed by atoms with Crippen molar-refractivity contribution in [2.45, 2.75) is 38.1 Å². The molecule has 1 aromatic carbocycles. The van der Waals surface area contributed by atoms with Crippen LogP contribution in [0.1, 0.15) is 32.1 Å². The van der Waals surface area contributed by atoms with E-state index in [9.17, 15) is 9.18 Å².